The maximum Gasteiger partial charge on any atom is 0.140 e. The molecule has 13 heavy (non-hydrogen) atoms. The van der Waals surface area contributed by atoms with Gasteiger partial charge in [-0.05, 0) is 30.4 Å². The second-order valence-corrected chi connectivity index (χ2v) is 3.40. The molecule has 0 fully saturated rings. The van der Waals surface area contributed by atoms with E-state index in [9.17, 15) is 8.78 Å². The van der Waals surface area contributed by atoms with Crippen molar-refractivity contribution in [1.29, 1.82) is 0 Å². The summed E-state index contributed by atoms with van der Waals surface area (Å²) in [5.41, 5.74) is 0.229. The minimum Gasteiger partial charge on any atom is -0.396 e. The van der Waals surface area contributed by atoms with E-state index < -0.39 is 11.6 Å². The molecule has 0 amide bonds. The fraction of sp³-hybridized carbons (Fsp3) is 0.333. The number of hydrogen-bond donors (Lipinski definition) is 1. The molecule has 0 aliphatic heterocycles. The Morgan fingerprint density at radius 3 is 2.62 bits per heavy atom. The van der Waals surface area contributed by atoms with Gasteiger partial charge in [0.1, 0.15) is 11.6 Å². The lowest BCUT2D eigenvalue weighted by Crippen LogP contribution is -1.97. The zero-order chi connectivity index (χ0) is 9.84. The largest absolute Gasteiger partial charge is 0.396 e. The van der Waals surface area contributed by atoms with Gasteiger partial charge in [-0.1, -0.05) is 0 Å². The van der Waals surface area contributed by atoms with Crippen LogP contribution in [0.4, 0.5) is 8.78 Å². The van der Waals surface area contributed by atoms with Crippen molar-refractivity contribution in [3.8, 4) is 0 Å². The summed E-state index contributed by atoms with van der Waals surface area (Å²) in [5, 5.41) is 8.60. The van der Waals surface area contributed by atoms with Crippen LogP contribution in [0.15, 0.2) is 17.0 Å². The molecule has 0 spiro atoms. The van der Waals surface area contributed by atoms with Crippen LogP contribution in [0.25, 0.3) is 0 Å². The van der Waals surface area contributed by atoms with Crippen LogP contribution < -0.4 is 0 Å². The van der Waals surface area contributed by atoms with Crippen LogP contribution in [0.5, 0.6) is 0 Å². The molecule has 0 unspecified atom stereocenters. The van der Waals surface area contributed by atoms with E-state index in [0.717, 1.165) is 23.9 Å². The van der Waals surface area contributed by atoms with Gasteiger partial charge in [0.2, 0.25) is 0 Å². The van der Waals surface area contributed by atoms with Crippen molar-refractivity contribution < 1.29 is 13.9 Å². The smallest absolute Gasteiger partial charge is 0.140 e. The highest BCUT2D eigenvalue weighted by atomic mass is 32.2. The van der Waals surface area contributed by atoms with Crippen LogP contribution in [0.3, 0.4) is 0 Å². The molecule has 1 aromatic rings. The fourth-order valence-corrected chi connectivity index (χ4v) is 1.61. The Bertz CT molecular complexity index is 302. The minimum atomic E-state index is -0.464. The van der Waals surface area contributed by atoms with E-state index in [1.807, 2.05) is 0 Å². The quantitative estimate of drug-likeness (QED) is 0.762. The van der Waals surface area contributed by atoms with Crippen molar-refractivity contribution in [2.24, 2.45) is 0 Å². The molecule has 0 aromatic heterocycles. The molecule has 72 valence electrons. The summed E-state index contributed by atoms with van der Waals surface area (Å²) in [5.74, 6) is -0.892. The van der Waals surface area contributed by atoms with Gasteiger partial charge in [-0.3, -0.25) is 0 Å². The first kappa shape index (κ1) is 10.5. The van der Waals surface area contributed by atoms with E-state index >= 15 is 0 Å². The molecule has 4 heteroatoms. The maximum atomic E-state index is 13.3. The molecule has 1 aromatic carbocycles. The molecule has 1 rings (SSSR count). The Kier molecular flexibility index (Phi) is 3.69. The Morgan fingerprint density at radius 1 is 1.38 bits per heavy atom. The Morgan fingerprint density at radius 2 is 2.08 bits per heavy atom. The fourth-order valence-electron chi connectivity index (χ4n) is 1.07. The van der Waals surface area contributed by atoms with E-state index in [1.54, 1.807) is 6.26 Å². The topological polar surface area (TPSA) is 20.2 Å². The Balaban J connectivity index is 3.11. The van der Waals surface area contributed by atoms with Crippen molar-refractivity contribution >= 4 is 11.8 Å². The van der Waals surface area contributed by atoms with Crippen molar-refractivity contribution in [1.82, 2.24) is 0 Å². The predicted octanol–water partition coefficient (Wildman–Crippen LogP) is 2.22. The molecule has 1 nitrogen and oxygen atoms in total. The lowest BCUT2D eigenvalue weighted by atomic mass is 10.1. The first-order valence-corrected chi connectivity index (χ1v) is 5.04. The second-order valence-electron chi connectivity index (χ2n) is 2.55. The normalized spacial score (nSPS) is 10.5. The van der Waals surface area contributed by atoms with E-state index in [1.165, 1.54) is 0 Å². The summed E-state index contributed by atoms with van der Waals surface area (Å²) in [6, 6.07) is 2.27. The number of hydrogen-bond acceptors (Lipinski definition) is 2. The molecule has 0 aliphatic rings. The van der Waals surface area contributed by atoms with Crippen LogP contribution in [0.2, 0.25) is 0 Å². The van der Waals surface area contributed by atoms with Crippen LogP contribution in [-0.2, 0) is 6.42 Å². The third-order valence-electron chi connectivity index (χ3n) is 1.68. The van der Waals surface area contributed by atoms with Crippen LogP contribution in [-0.4, -0.2) is 18.0 Å². The molecular formula is C9H10F2OS. The van der Waals surface area contributed by atoms with E-state index in [0.29, 0.717) is 0 Å². The van der Waals surface area contributed by atoms with Crippen molar-refractivity contribution in [3.63, 3.8) is 0 Å². The summed E-state index contributed by atoms with van der Waals surface area (Å²) in [7, 11) is 0. The van der Waals surface area contributed by atoms with Gasteiger partial charge in [-0.15, -0.1) is 11.8 Å². The third-order valence-corrected chi connectivity index (χ3v) is 2.42. The standard InChI is InChI=1S/C9H10F2OS/c1-13-8-5-7(10)4-6(2-3-12)9(8)11/h4-5,12H,2-3H2,1H3. The first-order chi connectivity index (χ1) is 6.19. The molecule has 0 saturated carbocycles. The minimum absolute atomic E-state index is 0.150. The van der Waals surface area contributed by atoms with Crippen molar-refractivity contribution in [3.05, 3.63) is 29.3 Å². The summed E-state index contributed by atoms with van der Waals surface area (Å²) >= 11 is 1.15. The average molecular weight is 204 g/mol. The first-order valence-electron chi connectivity index (χ1n) is 3.81. The van der Waals surface area contributed by atoms with Crippen molar-refractivity contribution in [2.45, 2.75) is 11.3 Å². The number of aliphatic hydroxyl groups excluding tert-OH is 1. The molecule has 0 radical (unpaired) electrons. The van der Waals surface area contributed by atoms with Gasteiger partial charge in [-0.2, -0.15) is 0 Å². The highest BCUT2D eigenvalue weighted by Crippen LogP contribution is 2.23. The van der Waals surface area contributed by atoms with E-state index in [-0.39, 0.29) is 23.5 Å². The number of halogens is 2. The monoisotopic (exact) mass is 204 g/mol. The number of rotatable bonds is 3. The summed E-state index contributed by atoms with van der Waals surface area (Å²) < 4.78 is 26.2. The molecule has 0 atom stereocenters. The summed E-state index contributed by atoms with van der Waals surface area (Å²) in [6.45, 7) is -0.172. The van der Waals surface area contributed by atoms with Crippen LogP contribution in [0.1, 0.15) is 5.56 Å². The Labute approximate surface area is 79.8 Å². The second kappa shape index (κ2) is 4.58. The third kappa shape index (κ3) is 2.42. The van der Waals surface area contributed by atoms with E-state index in [2.05, 4.69) is 0 Å². The maximum absolute atomic E-state index is 13.3. The van der Waals surface area contributed by atoms with Gasteiger partial charge in [0.15, 0.2) is 0 Å². The molecule has 0 aliphatic carbocycles. The lowest BCUT2D eigenvalue weighted by Gasteiger charge is -2.05. The average Bonchev–Trinajstić information content (AvgIpc) is 2.11. The number of aliphatic hydroxyl groups is 1. The Hall–Kier alpha value is -0.610. The molecular weight excluding hydrogens is 194 g/mol. The predicted molar refractivity (Wildman–Crippen MR) is 48.9 cm³/mol. The molecule has 0 saturated heterocycles. The zero-order valence-electron chi connectivity index (χ0n) is 7.18. The SMILES string of the molecule is CSc1cc(F)cc(CCO)c1F. The van der Waals surface area contributed by atoms with Gasteiger partial charge in [0.05, 0.1) is 0 Å². The molecule has 1 N–H and O–H groups in total. The molecule has 0 bridgehead atoms. The highest BCUT2D eigenvalue weighted by molar-refractivity contribution is 7.98. The van der Waals surface area contributed by atoms with Gasteiger partial charge in [-0.25, -0.2) is 8.78 Å². The number of thioether (sulfide) groups is 1. The van der Waals surface area contributed by atoms with Crippen LogP contribution in [0, 0.1) is 11.6 Å². The lowest BCUT2D eigenvalue weighted by molar-refractivity contribution is 0.297. The summed E-state index contributed by atoms with van der Waals surface area (Å²) in [4.78, 5) is 0.281. The van der Waals surface area contributed by atoms with Crippen LogP contribution >= 0.6 is 11.8 Å². The summed E-state index contributed by atoms with van der Waals surface area (Å²) in [6.07, 6.45) is 1.83. The molecule has 0 heterocycles. The van der Waals surface area contributed by atoms with Gasteiger partial charge >= 0.3 is 0 Å². The van der Waals surface area contributed by atoms with Gasteiger partial charge in [0, 0.05) is 11.5 Å². The highest BCUT2D eigenvalue weighted by Gasteiger charge is 2.09. The van der Waals surface area contributed by atoms with Gasteiger partial charge < -0.3 is 5.11 Å². The number of benzene rings is 1. The zero-order valence-corrected chi connectivity index (χ0v) is 8.00. The van der Waals surface area contributed by atoms with Crippen molar-refractivity contribution in [2.75, 3.05) is 12.9 Å². The van der Waals surface area contributed by atoms with E-state index in [4.69, 9.17) is 5.11 Å². The van der Waals surface area contributed by atoms with Gasteiger partial charge in [0.25, 0.3) is 0 Å².